The molecule has 2 aliphatic rings. The normalized spacial score (nSPS) is 20.4. The molecule has 0 radical (unpaired) electrons. The number of carbonyl (C=O) groups is 3. The number of nitrogens with one attached hydrogen (secondary N) is 2. The second-order valence-corrected chi connectivity index (χ2v) is 9.37. The number of hydrogen-bond donors (Lipinski definition) is 3. The number of aliphatic carboxylic acids is 1. The predicted octanol–water partition coefficient (Wildman–Crippen LogP) is 3.69. The summed E-state index contributed by atoms with van der Waals surface area (Å²) in [7, 11) is 1.41. The van der Waals surface area contributed by atoms with E-state index < -0.39 is 24.2 Å². The monoisotopic (exact) mass is 480 g/mol. The minimum absolute atomic E-state index is 0.00449. The molecule has 3 N–H and O–H groups in total. The van der Waals surface area contributed by atoms with Gasteiger partial charge in [0.2, 0.25) is 5.91 Å². The molecule has 0 spiro atoms. The van der Waals surface area contributed by atoms with Crippen molar-refractivity contribution in [2.24, 2.45) is 5.92 Å². The van der Waals surface area contributed by atoms with E-state index in [4.69, 9.17) is 9.47 Å². The number of benzene rings is 2. The topological polar surface area (TPSA) is 114 Å². The third kappa shape index (κ3) is 5.65. The summed E-state index contributed by atoms with van der Waals surface area (Å²) in [6.07, 6.45) is 1.29. The smallest absolute Gasteiger partial charge is 0.407 e. The van der Waals surface area contributed by atoms with Gasteiger partial charge < -0.3 is 25.2 Å². The van der Waals surface area contributed by atoms with E-state index in [9.17, 15) is 19.5 Å². The average molecular weight is 481 g/mol. The van der Waals surface area contributed by atoms with Gasteiger partial charge >= 0.3 is 12.1 Å². The molecule has 1 fully saturated rings. The molecule has 2 amide bonds. The summed E-state index contributed by atoms with van der Waals surface area (Å²) in [6.45, 7) is 1.86. The number of carboxylic acid groups (broad SMARTS) is 1. The van der Waals surface area contributed by atoms with Gasteiger partial charge in [0.1, 0.15) is 6.61 Å². The lowest BCUT2D eigenvalue weighted by Gasteiger charge is -2.21. The van der Waals surface area contributed by atoms with Gasteiger partial charge in [-0.05, 0) is 54.4 Å². The van der Waals surface area contributed by atoms with E-state index in [-0.39, 0.29) is 36.8 Å². The van der Waals surface area contributed by atoms with Gasteiger partial charge in [-0.15, -0.1) is 0 Å². The summed E-state index contributed by atoms with van der Waals surface area (Å²) in [6, 6.07) is 15.2. The van der Waals surface area contributed by atoms with Crippen LogP contribution in [0.3, 0.4) is 0 Å². The lowest BCUT2D eigenvalue weighted by Crippen LogP contribution is -2.48. The Kier molecular flexibility index (Phi) is 7.70. The molecule has 0 aromatic heterocycles. The van der Waals surface area contributed by atoms with Crippen LogP contribution in [-0.2, 0) is 19.1 Å². The highest BCUT2D eigenvalue weighted by molar-refractivity contribution is 5.84. The third-order valence-corrected chi connectivity index (χ3v) is 7.10. The van der Waals surface area contributed by atoms with Crippen LogP contribution in [0.5, 0.6) is 0 Å². The molecule has 1 saturated carbocycles. The van der Waals surface area contributed by atoms with Gasteiger partial charge in [-0.2, -0.15) is 0 Å². The van der Waals surface area contributed by atoms with E-state index in [1.54, 1.807) is 6.92 Å². The van der Waals surface area contributed by atoms with Gasteiger partial charge in [0.25, 0.3) is 0 Å². The Morgan fingerprint density at radius 3 is 2.26 bits per heavy atom. The van der Waals surface area contributed by atoms with Crippen LogP contribution in [0.25, 0.3) is 11.1 Å². The summed E-state index contributed by atoms with van der Waals surface area (Å²) in [5, 5.41) is 14.8. The van der Waals surface area contributed by atoms with Crippen LogP contribution in [0, 0.1) is 5.92 Å². The molecule has 35 heavy (non-hydrogen) atoms. The molecule has 186 valence electrons. The van der Waals surface area contributed by atoms with E-state index >= 15 is 0 Å². The van der Waals surface area contributed by atoms with Gasteiger partial charge in [-0.3, -0.25) is 4.79 Å². The highest BCUT2D eigenvalue weighted by Gasteiger charge is 2.32. The van der Waals surface area contributed by atoms with E-state index in [2.05, 4.69) is 34.9 Å². The highest BCUT2D eigenvalue weighted by Crippen LogP contribution is 2.44. The van der Waals surface area contributed by atoms with Crippen molar-refractivity contribution < 1.29 is 29.0 Å². The van der Waals surface area contributed by atoms with Gasteiger partial charge in [0, 0.05) is 25.5 Å². The molecule has 2 unspecified atom stereocenters. The van der Waals surface area contributed by atoms with Crippen molar-refractivity contribution in [2.75, 3.05) is 13.7 Å². The van der Waals surface area contributed by atoms with Crippen LogP contribution in [0.2, 0.25) is 0 Å². The lowest BCUT2D eigenvalue weighted by molar-refractivity contribution is -0.145. The number of carboxylic acids is 1. The Bertz CT molecular complexity index is 1040. The largest absolute Gasteiger partial charge is 0.480 e. The Balaban J connectivity index is 1.25. The highest BCUT2D eigenvalue weighted by atomic mass is 16.5. The molecule has 0 aliphatic heterocycles. The number of fused-ring (bicyclic) bond motifs is 3. The number of carbonyl (C=O) groups excluding carboxylic acids is 2. The standard InChI is InChI=1S/C27H32N2O6/c1-16(34-2)25(26(31)32)29-24(30)14-17-11-12-18(13-17)28-27(33)35-15-23-21-9-5-3-7-19(21)20-8-4-6-10-22(20)23/h3-10,16-18,23,25H,11-15H2,1-2H3,(H,28,33)(H,29,30)(H,31,32)/t16?,17-,18+,25?/m1/s1. The summed E-state index contributed by atoms with van der Waals surface area (Å²) in [5.74, 6) is -1.38. The molecule has 2 aliphatic carbocycles. The lowest BCUT2D eigenvalue weighted by atomic mass is 9.98. The summed E-state index contributed by atoms with van der Waals surface area (Å²) in [4.78, 5) is 36.3. The number of hydrogen-bond acceptors (Lipinski definition) is 5. The third-order valence-electron chi connectivity index (χ3n) is 7.10. The first-order valence-corrected chi connectivity index (χ1v) is 12.0. The zero-order valence-corrected chi connectivity index (χ0v) is 20.0. The Labute approximate surface area is 205 Å². The van der Waals surface area contributed by atoms with Crippen LogP contribution in [0.1, 0.15) is 49.7 Å². The summed E-state index contributed by atoms with van der Waals surface area (Å²) < 4.78 is 10.7. The first-order valence-electron chi connectivity index (χ1n) is 12.0. The minimum atomic E-state index is -1.13. The fourth-order valence-electron chi connectivity index (χ4n) is 5.21. The van der Waals surface area contributed by atoms with Crippen molar-refractivity contribution in [1.29, 1.82) is 0 Å². The first kappa shape index (κ1) is 24.7. The molecule has 4 atom stereocenters. The Morgan fingerprint density at radius 2 is 1.66 bits per heavy atom. The summed E-state index contributed by atoms with van der Waals surface area (Å²) >= 11 is 0. The second-order valence-electron chi connectivity index (χ2n) is 9.37. The minimum Gasteiger partial charge on any atom is -0.480 e. The van der Waals surface area contributed by atoms with Crippen molar-refractivity contribution in [3.63, 3.8) is 0 Å². The number of alkyl carbamates (subject to hydrolysis) is 1. The van der Waals surface area contributed by atoms with E-state index in [0.29, 0.717) is 6.42 Å². The molecule has 0 saturated heterocycles. The maximum atomic E-state index is 12.5. The SMILES string of the molecule is COC(C)C(NC(=O)C[C@@H]1CC[C@H](NC(=O)OCC2c3ccccc3-c3ccccc32)C1)C(=O)O. The summed E-state index contributed by atoms with van der Waals surface area (Å²) in [5.41, 5.74) is 4.69. The molecule has 2 aromatic carbocycles. The van der Waals surface area contributed by atoms with Crippen LogP contribution < -0.4 is 10.6 Å². The van der Waals surface area contributed by atoms with Crippen molar-refractivity contribution in [1.82, 2.24) is 10.6 Å². The van der Waals surface area contributed by atoms with Crippen molar-refractivity contribution >= 4 is 18.0 Å². The molecule has 2 aromatic rings. The van der Waals surface area contributed by atoms with Gasteiger partial charge in [-0.25, -0.2) is 9.59 Å². The van der Waals surface area contributed by atoms with Crippen LogP contribution in [0.4, 0.5) is 4.79 Å². The molecule has 0 heterocycles. The van der Waals surface area contributed by atoms with Crippen LogP contribution >= 0.6 is 0 Å². The van der Waals surface area contributed by atoms with Crippen molar-refractivity contribution in [3.8, 4) is 11.1 Å². The number of methoxy groups -OCH3 is 1. The predicted molar refractivity (Wildman–Crippen MR) is 130 cm³/mol. The maximum absolute atomic E-state index is 12.5. The van der Waals surface area contributed by atoms with E-state index in [1.807, 2.05) is 24.3 Å². The number of rotatable bonds is 9. The zero-order valence-electron chi connectivity index (χ0n) is 20.0. The Morgan fingerprint density at radius 1 is 1.03 bits per heavy atom. The quantitative estimate of drug-likeness (QED) is 0.504. The van der Waals surface area contributed by atoms with Gasteiger partial charge in [0.15, 0.2) is 6.04 Å². The second kappa shape index (κ2) is 10.9. The zero-order chi connectivity index (χ0) is 24.9. The molecule has 8 nitrogen and oxygen atoms in total. The van der Waals surface area contributed by atoms with Crippen LogP contribution in [-0.4, -0.2) is 55.0 Å². The Hall–Kier alpha value is -3.39. The van der Waals surface area contributed by atoms with Gasteiger partial charge in [0.05, 0.1) is 6.10 Å². The van der Waals surface area contributed by atoms with Gasteiger partial charge in [-0.1, -0.05) is 48.5 Å². The maximum Gasteiger partial charge on any atom is 0.407 e. The first-order chi connectivity index (χ1) is 16.9. The molecular formula is C27H32N2O6. The number of amides is 2. The fourth-order valence-corrected chi connectivity index (χ4v) is 5.21. The van der Waals surface area contributed by atoms with Crippen LogP contribution in [0.15, 0.2) is 48.5 Å². The van der Waals surface area contributed by atoms with E-state index in [1.165, 1.54) is 18.2 Å². The molecule has 4 rings (SSSR count). The molecule has 0 bridgehead atoms. The average Bonchev–Trinajstić information content (AvgIpc) is 3.42. The fraction of sp³-hybridized carbons (Fsp3) is 0.444. The van der Waals surface area contributed by atoms with Crippen molar-refractivity contribution in [3.05, 3.63) is 59.7 Å². The molecular weight excluding hydrogens is 448 g/mol. The molecule has 8 heteroatoms. The van der Waals surface area contributed by atoms with Crippen molar-refractivity contribution in [2.45, 2.75) is 56.7 Å². The number of ether oxygens (including phenoxy) is 2. The van der Waals surface area contributed by atoms with E-state index in [0.717, 1.165) is 24.0 Å².